The number of nitrogens with zero attached hydrogens (tertiary/aromatic N) is 2. The van der Waals surface area contributed by atoms with E-state index in [2.05, 4.69) is 28.2 Å². The molecule has 0 aromatic rings. The second-order valence-corrected chi connectivity index (χ2v) is 6.48. The minimum atomic E-state index is 0.892. The van der Waals surface area contributed by atoms with Gasteiger partial charge >= 0.3 is 0 Å². The molecule has 0 aromatic heterocycles. The molecular formula is C13H30N2O+2. The molecule has 0 saturated carbocycles. The second kappa shape index (κ2) is 5.99. The van der Waals surface area contributed by atoms with Crippen LogP contribution < -0.4 is 0 Å². The van der Waals surface area contributed by atoms with E-state index in [4.69, 9.17) is 4.74 Å². The fraction of sp³-hybridized carbons (Fsp3) is 1.00. The van der Waals surface area contributed by atoms with Gasteiger partial charge in [-0.25, -0.2) is 0 Å². The van der Waals surface area contributed by atoms with Crippen LogP contribution in [0.5, 0.6) is 0 Å². The Balaban J connectivity index is 2.06. The Bertz CT molecular complexity index is 193. The predicted molar refractivity (Wildman–Crippen MR) is 68.4 cm³/mol. The Morgan fingerprint density at radius 3 is 2.19 bits per heavy atom. The summed E-state index contributed by atoms with van der Waals surface area (Å²) in [6.45, 7) is 6.80. The van der Waals surface area contributed by atoms with Crippen molar-refractivity contribution in [3.05, 3.63) is 0 Å². The highest BCUT2D eigenvalue weighted by atomic mass is 16.5. The molecule has 3 heteroatoms. The summed E-state index contributed by atoms with van der Waals surface area (Å²) >= 11 is 0. The van der Waals surface area contributed by atoms with E-state index in [1.807, 2.05) is 0 Å². The van der Waals surface area contributed by atoms with Gasteiger partial charge in [-0.3, -0.25) is 0 Å². The van der Waals surface area contributed by atoms with Crippen LogP contribution in [0.4, 0.5) is 0 Å². The molecule has 0 N–H and O–H groups in total. The zero-order valence-electron chi connectivity index (χ0n) is 11.7. The molecule has 0 bridgehead atoms. The first-order valence-electron chi connectivity index (χ1n) is 6.63. The molecule has 0 spiro atoms. The fourth-order valence-electron chi connectivity index (χ4n) is 2.22. The molecule has 1 heterocycles. The van der Waals surface area contributed by atoms with Crippen molar-refractivity contribution < 1.29 is 13.7 Å². The predicted octanol–water partition coefficient (Wildman–Crippen LogP) is 1.34. The van der Waals surface area contributed by atoms with Gasteiger partial charge in [-0.15, -0.1) is 0 Å². The van der Waals surface area contributed by atoms with Gasteiger partial charge in [0.05, 0.1) is 54.5 Å². The Labute approximate surface area is 101 Å². The molecule has 0 radical (unpaired) electrons. The van der Waals surface area contributed by atoms with Crippen LogP contribution in [-0.4, -0.2) is 76.5 Å². The molecule has 1 aliphatic rings. The summed E-state index contributed by atoms with van der Waals surface area (Å²) in [4.78, 5) is 0. The minimum absolute atomic E-state index is 0.892. The van der Waals surface area contributed by atoms with Gasteiger partial charge in [-0.2, -0.15) is 0 Å². The quantitative estimate of drug-likeness (QED) is 0.494. The van der Waals surface area contributed by atoms with Gasteiger partial charge in [0.2, 0.25) is 0 Å². The topological polar surface area (TPSA) is 9.23 Å². The van der Waals surface area contributed by atoms with Crippen molar-refractivity contribution in [2.24, 2.45) is 0 Å². The highest BCUT2D eigenvalue weighted by molar-refractivity contribution is 4.51. The van der Waals surface area contributed by atoms with Crippen molar-refractivity contribution in [2.45, 2.75) is 19.3 Å². The van der Waals surface area contributed by atoms with E-state index in [0.717, 1.165) is 24.2 Å². The lowest BCUT2D eigenvalue weighted by molar-refractivity contribution is -0.914. The Kier molecular flexibility index (Phi) is 5.22. The van der Waals surface area contributed by atoms with E-state index < -0.39 is 0 Å². The zero-order valence-corrected chi connectivity index (χ0v) is 11.7. The molecule has 1 aliphatic heterocycles. The van der Waals surface area contributed by atoms with Crippen LogP contribution in [0, 0.1) is 0 Å². The molecule has 96 valence electrons. The number of hydrogen-bond donors (Lipinski definition) is 0. The summed E-state index contributed by atoms with van der Waals surface area (Å²) in [6, 6.07) is 0. The van der Waals surface area contributed by atoms with Gasteiger partial charge in [0.25, 0.3) is 0 Å². The Morgan fingerprint density at radius 1 is 1.00 bits per heavy atom. The number of likely N-dealkylation sites (tertiary alicyclic amines) is 1. The summed E-state index contributed by atoms with van der Waals surface area (Å²) in [6.07, 6.45) is 4.22. The highest BCUT2D eigenvalue weighted by Crippen LogP contribution is 2.15. The third kappa shape index (κ3) is 5.83. The van der Waals surface area contributed by atoms with Crippen LogP contribution in [0.2, 0.25) is 0 Å². The van der Waals surface area contributed by atoms with E-state index in [1.165, 1.54) is 43.4 Å². The van der Waals surface area contributed by atoms with Gasteiger partial charge in [-0.1, -0.05) is 0 Å². The average molecular weight is 230 g/mol. The summed E-state index contributed by atoms with van der Waals surface area (Å²) in [5, 5.41) is 0. The minimum Gasteiger partial charge on any atom is -0.370 e. The first-order valence-corrected chi connectivity index (χ1v) is 6.63. The number of rotatable bonds is 6. The molecule has 16 heavy (non-hydrogen) atoms. The summed E-state index contributed by atoms with van der Waals surface area (Å²) in [5.41, 5.74) is 0. The number of hydrogen-bond acceptors (Lipinski definition) is 1. The lowest BCUT2D eigenvalue weighted by Gasteiger charge is -2.37. The molecule has 0 unspecified atom stereocenters. The van der Waals surface area contributed by atoms with Crippen LogP contribution in [0.3, 0.4) is 0 Å². The van der Waals surface area contributed by atoms with Crippen LogP contribution in [-0.2, 0) is 4.74 Å². The van der Waals surface area contributed by atoms with Gasteiger partial charge in [0.15, 0.2) is 0 Å². The van der Waals surface area contributed by atoms with Crippen molar-refractivity contribution in [1.82, 2.24) is 0 Å². The number of likely N-dealkylation sites (N-methyl/N-ethyl adjacent to an activating group) is 2. The van der Waals surface area contributed by atoms with Crippen LogP contribution in [0.25, 0.3) is 0 Å². The third-order valence-corrected chi connectivity index (χ3v) is 3.58. The van der Waals surface area contributed by atoms with Crippen molar-refractivity contribution in [3.8, 4) is 0 Å². The van der Waals surface area contributed by atoms with E-state index in [1.54, 1.807) is 0 Å². The molecular weight excluding hydrogens is 200 g/mol. The van der Waals surface area contributed by atoms with E-state index in [9.17, 15) is 0 Å². The molecule has 0 aromatic carbocycles. The molecule has 0 amide bonds. The van der Waals surface area contributed by atoms with Gasteiger partial charge in [0.1, 0.15) is 13.1 Å². The average Bonchev–Trinajstić information content (AvgIpc) is 2.16. The SMILES string of the molecule is C[N+](C)(C)CCOCC[N+]1(C)CCCCC1. The smallest absolute Gasteiger partial charge is 0.102 e. The molecule has 0 aliphatic carbocycles. The molecule has 1 fully saturated rings. The summed E-state index contributed by atoms with van der Waals surface area (Å²) < 4.78 is 7.97. The standard InChI is InChI=1S/C13H30N2O/c1-14(2,3)10-12-16-13-11-15(4)8-6-5-7-9-15/h5-13H2,1-4H3/q+2. The van der Waals surface area contributed by atoms with Crippen molar-refractivity contribution in [1.29, 1.82) is 0 Å². The van der Waals surface area contributed by atoms with Gasteiger partial charge in [0, 0.05) is 0 Å². The van der Waals surface area contributed by atoms with E-state index in [0.29, 0.717) is 0 Å². The maximum Gasteiger partial charge on any atom is 0.102 e. The van der Waals surface area contributed by atoms with Crippen molar-refractivity contribution in [2.75, 3.05) is 67.6 Å². The number of quaternary nitrogens is 2. The summed E-state index contributed by atoms with van der Waals surface area (Å²) in [5.74, 6) is 0. The van der Waals surface area contributed by atoms with E-state index >= 15 is 0 Å². The van der Waals surface area contributed by atoms with Crippen molar-refractivity contribution in [3.63, 3.8) is 0 Å². The zero-order chi connectivity index (χ0) is 12.1. The normalized spacial score (nSPS) is 21.0. The van der Waals surface area contributed by atoms with Gasteiger partial charge in [-0.05, 0) is 19.3 Å². The molecule has 0 atom stereocenters. The lowest BCUT2D eigenvalue weighted by Crippen LogP contribution is -2.49. The molecule has 1 rings (SSSR count). The van der Waals surface area contributed by atoms with Crippen molar-refractivity contribution >= 4 is 0 Å². The third-order valence-electron chi connectivity index (χ3n) is 3.58. The van der Waals surface area contributed by atoms with Gasteiger partial charge < -0.3 is 13.7 Å². The first-order chi connectivity index (χ1) is 7.41. The maximum absolute atomic E-state index is 5.75. The van der Waals surface area contributed by atoms with E-state index in [-0.39, 0.29) is 0 Å². The van der Waals surface area contributed by atoms with Crippen LogP contribution in [0.15, 0.2) is 0 Å². The summed E-state index contributed by atoms with van der Waals surface area (Å²) in [7, 11) is 9.01. The molecule has 3 nitrogen and oxygen atoms in total. The fourth-order valence-corrected chi connectivity index (χ4v) is 2.22. The Hall–Kier alpha value is -0.120. The lowest BCUT2D eigenvalue weighted by atomic mass is 10.1. The Morgan fingerprint density at radius 2 is 1.62 bits per heavy atom. The van der Waals surface area contributed by atoms with Crippen LogP contribution in [0.1, 0.15) is 19.3 Å². The number of ether oxygens (including phenoxy) is 1. The first kappa shape index (κ1) is 13.9. The van der Waals surface area contributed by atoms with Crippen LogP contribution >= 0.6 is 0 Å². The largest absolute Gasteiger partial charge is 0.370 e. The second-order valence-electron chi connectivity index (χ2n) is 6.48. The number of piperidine rings is 1. The highest BCUT2D eigenvalue weighted by Gasteiger charge is 2.23. The molecule has 1 saturated heterocycles. The monoisotopic (exact) mass is 230 g/mol. The maximum atomic E-state index is 5.75.